The smallest absolute Gasteiger partial charge is 0.444 e. The lowest BCUT2D eigenvalue weighted by molar-refractivity contribution is -0.131. The molecule has 366 valence electrons. The van der Waals surface area contributed by atoms with E-state index in [1.165, 1.54) is 6.92 Å². The first-order valence-electron chi connectivity index (χ1n) is 22.1. The third-order valence-corrected chi connectivity index (χ3v) is 11.3. The van der Waals surface area contributed by atoms with E-state index in [2.05, 4.69) is 31.6 Å². The normalized spacial score (nSPS) is 13.1. The minimum absolute atomic E-state index is 0.138. The summed E-state index contributed by atoms with van der Waals surface area (Å²) in [6.45, 7) is 20.4. The number of hydrogen-bond donors (Lipinski definition) is 5. The number of carbonyl (C=O) groups is 5. The van der Waals surface area contributed by atoms with Crippen LogP contribution in [0.25, 0.3) is 0 Å². The molecule has 0 radical (unpaired) electrons. The fourth-order valence-electron chi connectivity index (χ4n) is 6.18. The first-order chi connectivity index (χ1) is 31.7. The largest absolute Gasteiger partial charge is 0.453 e. The van der Waals surface area contributed by atoms with E-state index in [4.69, 9.17) is 23.3 Å². The van der Waals surface area contributed by atoms with Gasteiger partial charge in [-0.3, -0.25) is 25.0 Å². The van der Waals surface area contributed by atoms with Crippen LogP contribution < -0.4 is 35.6 Å². The second-order valence-electron chi connectivity index (χ2n) is 18.9. The van der Waals surface area contributed by atoms with Crippen molar-refractivity contribution < 1.29 is 51.8 Å². The predicted octanol–water partition coefficient (Wildman–Crippen LogP) is 8.79. The molecule has 1 unspecified atom stereocenters. The summed E-state index contributed by atoms with van der Waals surface area (Å²) in [5.41, 5.74) is 0.267. The second kappa shape index (κ2) is 23.3. The molecule has 0 heterocycles. The molecule has 0 aliphatic rings. The van der Waals surface area contributed by atoms with E-state index in [-0.39, 0.29) is 36.2 Å². The number of aryl methyl sites for hydroxylation is 2. The number of aliphatic imine (C=N–C) groups is 1. The zero-order valence-corrected chi connectivity index (χ0v) is 41.7. The molecule has 0 saturated heterocycles. The highest BCUT2D eigenvalue weighted by molar-refractivity contribution is 7.55. The van der Waals surface area contributed by atoms with Crippen molar-refractivity contribution in [2.24, 2.45) is 4.99 Å². The van der Waals surface area contributed by atoms with Gasteiger partial charge in [-0.15, -0.1) is 0 Å². The Morgan fingerprint density at radius 1 is 0.603 bits per heavy atom. The molecule has 0 aliphatic heterocycles. The molecule has 4 aromatic rings. The number of para-hydroxylation sites is 2. The minimum atomic E-state index is -4.45. The van der Waals surface area contributed by atoms with Gasteiger partial charge in [0.2, 0.25) is 17.8 Å². The van der Waals surface area contributed by atoms with Crippen molar-refractivity contribution in [3.8, 4) is 11.5 Å². The average Bonchev–Trinajstić information content (AvgIpc) is 3.21. The highest BCUT2D eigenvalue weighted by atomic mass is 31.2. The number of nitrogens with zero attached hydrogens (tertiary/aromatic N) is 1. The fourth-order valence-corrected chi connectivity index (χ4v) is 8.02. The summed E-state index contributed by atoms with van der Waals surface area (Å²) in [6.07, 6.45) is -1.90. The quantitative estimate of drug-likeness (QED) is 0.0406. The van der Waals surface area contributed by atoms with E-state index < -0.39 is 72.2 Å². The Labute approximate surface area is 399 Å². The Morgan fingerprint density at radius 2 is 1.09 bits per heavy atom. The molecule has 18 heteroatoms. The standard InChI is InChI=1S/C50H65N6O11P/c1-32-20-19-21-33(2)41(32)44(59)53-39(31-63-48(4,5)6)43(58)51-34(3)42(57)54-40(68(62,66-37-22-15-13-16-23-37)67-38-24-17-14-18-25-38)30-35-26-28-36(29-27-35)52-45(55-46(60)64-49(7,8)9)56-47(61)65-50(10,11)12/h13-29,34,39-40H,30-31H2,1-12H3,(H,51,58)(H,53,59)(H,54,57)(H2,52,55,56,60,61)/t34-,39+,40?/m0/s1. The maximum absolute atomic E-state index is 15.3. The monoisotopic (exact) mass is 956 g/mol. The average molecular weight is 957 g/mol. The summed E-state index contributed by atoms with van der Waals surface area (Å²) in [7, 11) is -4.45. The van der Waals surface area contributed by atoms with E-state index in [1.54, 1.807) is 152 Å². The number of nitrogens with one attached hydrogen (secondary N) is 5. The molecule has 0 fully saturated rings. The number of hydrogen-bond acceptors (Lipinski definition) is 12. The lowest BCUT2D eigenvalue weighted by Gasteiger charge is -2.30. The summed E-state index contributed by atoms with van der Waals surface area (Å²) in [4.78, 5) is 71.7. The number of benzene rings is 4. The number of carbonyl (C=O) groups excluding carboxylic acids is 5. The van der Waals surface area contributed by atoms with Crippen LogP contribution in [0.2, 0.25) is 0 Å². The van der Waals surface area contributed by atoms with E-state index in [0.717, 1.165) is 11.1 Å². The van der Waals surface area contributed by atoms with Crippen molar-refractivity contribution in [1.29, 1.82) is 0 Å². The van der Waals surface area contributed by atoms with E-state index >= 15 is 4.57 Å². The molecule has 68 heavy (non-hydrogen) atoms. The molecule has 0 spiro atoms. The molecular formula is C50H65N6O11P. The molecule has 0 bridgehead atoms. The van der Waals surface area contributed by atoms with Gasteiger partial charge in [0.05, 0.1) is 17.9 Å². The van der Waals surface area contributed by atoms with E-state index in [0.29, 0.717) is 11.1 Å². The van der Waals surface area contributed by atoms with Crippen LogP contribution in [-0.2, 0) is 34.8 Å². The third-order valence-electron chi connectivity index (χ3n) is 9.25. The Kier molecular flexibility index (Phi) is 18.5. The Balaban J connectivity index is 1.68. The maximum Gasteiger partial charge on any atom is 0.453 e. The SMILES string of the molecule is Cc1cccc(C)c1C(=O)N[C@H](COC(C)(C)C)C(=O)N[C@@H](C)C(=O)NC(Cc1ccc(N=C(NC(=O)OC(C)(C)C)NC(=O)OC(C)(C)C)cc1)P(=O)(Oc1ccccc1)Oc1ccccc1. The van der Waals surface area contributed by atoms with Crippen LogP contribution in [0.4, 0.5) is 15.3 Å². The lowest BCUT2D eigenvalue weighted by atomic mass is 10.0. The molecule has 0 aromatic heterocycles. The number of rotatable bonds is 16. The number of alkyl carbamates (subject to hydrolysis) is 2. The highest BCUT2D eigenvalue weighted by Gasteiger charge is 2.42. The van der Waals surface area contributed by atoms with E-state index in [9.17, 15) is 24.0 Å². The van der Waals surface area contributed by atoms with Crippen molar-refractivity contribution in [2.45, 2.75) is 124 Å². The van der Waals surface area contributed by atoms with Crippen LogP contribution in [0.3, 0.4) is 0 Å². The molecule has 0 saturated carbocycles. The van der Waals surface area contributed by atoms with Crippen LogP contribution >= 0.6 is 7.60 Å². The molecule has 0 aliphatic carbocycles. The molecule has 4 aromatic carbocycles. The summed E-state index contributed by atoms with van der Waals surface area (Å²) in [5.74, 6) is -3.21. The van der Waals surface area contributed by atoms with Gasteiger partial charge in [-0.25, -0.2) is 19.1 Å². The Morgan fingerprint density at radius 3 is 1.54 bits per heavy atom. The van der Waals surface area contributed by atoms with Gasteiger partial charge in [0.25, 0.3) is 5.91 Å². The predicted molar refractivity (Wildman–Crippen MR) is 260 cm³/mol. The Hall–Kier alpha value is -6.71. The van der Waals surface area contributed by atoms with Gasteiger partial charge in [-0.05, 0) is 136 Å². The molecule has 17 nitrogen and oxygen atoms in total. The van der Waals surface area contributed by atoms with Gasteiger partial charge in [0, 0.05) is 12.0 Å². The van der Waals surface area contributed by atoms with Crippen molar-refractivity contribution >= 4 is 49.2 Å². The highest BCUT2D eigenvalue weighted by Crippen LogP contribution is 2.53. The van der Waals surface area contributed by atoms with Gasteiger partial charge in [-0.1, -0.05) is 66.7 Å². The Bertz CT molecular complexity index is 2350. The molecule has 5 amide bonds. The van der Waals surface area contributed by atoms with Gasteiger partial charge < -0.3 is 39.2 Å². The third kappa shape index (κ3) is 18.2. The van der Waals surface area contributed by atoms with Crippen LogP contribution in [0.5, 0.6) is 11.5 Å². The van der Waals surface area contributed by atoms with Gasteiger partial charge in [0.1, 0.15) is 34.8 Å². The zero-order chi connectivity index (χ0) is 50.5. The molecule has 4 rings (SSSR count). The number of amides is 5. The number of ether oxygens (including phenoxy) is 3. The van der Waals surface area contributed by atoms with Crippen LogP contribution in [0.1, 0.15) is 96.3 Å². The number of guanidine groups is 1. The maximum atomic E-state index is 15.3. The van der Waals surface area contributed by atoms with E-state index in [1.807, 2.05) is 26.8 Å². The van der Waals surface area contributed by atoms with Crippen LogP contribution in [0.15, 0.2) is 108 Å². The van der Waals surface area contributed by atoms with Crippen molar-refractivity contribution in [3.63, 3.8) is 0 Å². The molecular weight excluding hydrogens is 892 g/mol. The van der Waals surface area contributed by atoms with Crippen LogP contribution in [0, 0.1) is 13.8 Å². The second-order valence-corrected chi connectivity index (χ2v) is 21.0. The van der Waals surface area contributed by atoms with Crippen molar-refractivity contribution in [3.05, 3.63) is 125 Å². The van der Waals surface area contributed by atoms with Gasteiger partial charge in [0.15, 0.2) is 5.78 Å². The van der Waals surface area contributed by atoms with Crippen molar-refractivity contribution in [2.75, 3.05) is 6.61 Å². The van der Waals surface area contributed by atoms with Crippen molar-refractivity contribution in [1.82, 2.24) is 26.6 Å². The summed E-state index contributed by atoms with van der Waals surface area (Å²) >= 11 is 0. The fraction of sp³-hybridized carbons (Fsp3) is 0.400. The topological polar surface area (TPSA) is 221 Å². The zero-order valence-electron chi connectivity index (χ0n) is 40.8. The summed E-state index contributed by atoms with van der Waals surface area (Å²) < 4.78 is 44.3. The molecule has 5 N–H and O–H groups in total. The minimum Gasteiger partial charge on any atom is -0.444 e. The van der Waals surface area contributed by atoms with Gasteiger partial charge >= 0.3 is 19.8 Å². The van der Waals surface area contributed by atoms with Crippen LogP contribution in [-0.4, -0.2) is 77.1 Å². The lowest BCUT2D eigenvalue weighted by Crippen LogP contribution is -2.56. The van der Waals surface area contributed by atoms with Gasteiger partial charge in [-0.2, -0.15) is 0 Å². The summed E-state index contributed by atoms with van der Waals surface area (Å²) in [5, 5.41) is 13.2. The summed E-state index contributed by atoms with van der Waals surface area (Å²) in [6, 6.07) is 26.0. The first kappa shape index (κ1) is 53.9. The molecule has 3 atom stereocenters. The first-order valence-corrected chi connectivity index (χ1v) is 23.7.